The number of anilines is 1. The zero-order valence-corrected chi connectivity index (χ0v) is 11.2. The summed E-state index contributed by atoms with van der Waals surface area (Å²) in [6, 6.07) is 0. The van der Waals surface area contributed by atoms with Gasteiger partial charge in [-0.3, -0.25) is 4.98 Å². The fourth-order valence-corrected chi connectivity index (χ4v) is 1.74. The summed E-state index contributed by atoms with van der Waals surface area (Å²) in [7, 11) is 0. The fourth-order valence-electron chi connectivity index (χ4n) is 1.74. The zero-order chi connectivity index (χ0) is 12.8. The van der Waals surface area contributed by atoms with E-state index in [1.807, 2.05) is 0 Å². The predicted octanol–water partition coefficient (Wildman–Crippen LogP) is 2.09. The van der Waals surface area contributed by atoms with E-state index in [0.29, 0.717) is 17.5 Å². The van der Waals surface area contributed by atoms with E-state index >= 15 is 0 Å². The molecule has 0 radical (unpaired) electrons. The van der Waals surface area contributed by atoms with Gasteiger partial charge in [0.1, 0.15) is 5.82 Å². The smallest absolute Gasteiger partial charge is 0.147 e. The molecule has 0 aromatic carbocycles. The molecule has 0 amide bonds. The lowest BCUT2D eigenvalue weighted by Crippen LogP contribution is -2.32. The Bertz CT molecular complexity index is 312. The molecule has 1 N–H and O–H groups in total. The highest BCUT2D eigenvalue weighted by Gasteiger charge is 2.12. The summed E-state index contributed by atoms with van der Waals surface area (Å²) in [5.41, 5.74) is 0.614. The van der Waals surface area contributed by atoms with Crippen LogP contribution >= 0.6 is 0 Å². The quantitative estimate of drug-likeness (QED) is 0.823. The van der Waals surface area contributed by atoms with Crippen molar-refractivity contribution in [1.29, 1.82) is 0 Å². The van der Waals surface area contributed by atoms with Crippen molar-refractivity contribution in [2.24, 2.45) is 11.8 Å². The van der Waals surface area contributed by atoms with Crippen LogP contribution in [0.2, 0.25) is 0 Å². The minimum absolute atomic E-state index is 0.0539. The van der Waals surface area contributed by atoms with Gasteiger partial charge >= 0.3 is 0 Å². The summed E-state index contributed by atoms with van der Waals surface area (Å²) in [5, 5.41) is 8.94. The Kier molecular flexibility index (Phi) is 5.35. The molecule has 0 aliphatic carbocycles. The molecule has 0 aliphatic rings. The second-order valence-corrected chi connectivity index (χ2v) is 5.22. The van der Waals surface area contributed by atoms with Crippen molar-refractivity contribution in [2.75, 3.05) is 18.0 Å². The Morgan fingerprint density at radius 1 is 1.06 bits per heavy atom. The van der Waals surface area contributed by atoms with Crippen LogP contribution in [-0.4, -0.2) is 28.2 Å². The van der Waals surface area contributed by atoms with Crippen LogP contribution in [0.15, 0.2) is 12.4 Å². The van der Waals surface area contributed by atoms with Gasteiger partial charge < -0.3 is 10.0 Å². The number of hydrogen-bond donors (Lipinski definition) is 1. The average molecular weight is 237 g/mol. The predicted molar refractivity (Wildman–Crippen MR) is 69.8 cm³/mol. The Hall–Kier alpha value is -1.16. The van der Waals surface area contributed by atoms with Crippen LogP contribution in [0.3, 0.4) is 0 Å². The maximum absolute atomic E-state index is 8.94. The van der Waals surface area contributed by atoms with Crippen molar-refractivity contribution in [1.82, 2.24) is 9.97 Å². The minimum atomic E-state index is -0.0539. The maximum Gasteiger partial charge on any atom is 0.147 e. The van der Waals surface area contributed by atoms with Crippen molar-refractivity contribution >= 4 is 5.82 Å². The first-order valence-electron chi connectivity index (χ1n) is 6.19. The van der Waals surface area contributed by atoms with Gasteiger partial charge in [-0.1, -0.05) is 27.7 Å². The monoisotopic (exact) mass is 237 g/mol. The van der Waals surface area contributed by atoms with Gasteiger partial charge in [-0.05, 0) is 11.8 Å². The molecule has 1 heterocycles. The Balaban J connectivity index is 2.79. The summed E-state index contributed by atoms with van der Waals surface area (Å²) >= 11 is 0. The molecule has 0 aliphatic heterocycles. The number of aromatic nitrogens is 2. The van der Waals surface area contributed by atoms with E-state index in [-0.39, 0.29) is 6.61 Å². The average Bonchev–Trinajstić information content (AvgIpc) is 2.27. The summed E-state index contributed by atoms with van der Waals surface area (Å²) < 4.78 is 0. The molecule has 0 saturated heterocycles. The highest BCUT2D eigenvalue weighted by Crippen LogP contribution is 2.13. The number of aliphatic hydroxyl groups excluding tert-OH is 1. The van der Waals surface area contributed by atoms with Gasteiger partial charge in [0.15, 0.2) is 0 Å². The first-order valence-corrected chi connectivity index (χ1v) is 6.19. The van der Waals surface area contributed by atoms with Crippen molar-refractivity contribution in [3.8, 4) is 0 Å². The SMILES string of the molecule is CC(C)CN(CC(C)C)c1cnc(CO)cn1. The second-order valence-electron chi connectivity index (χ2n) is 5.22. The fraction of sp³-hybridized carbons (Fsp3) is 0.692. The molecular weight excluding hydrogens is 214 g/mol. The standard InChI is InChI=1S/C13H23N3O/c1-10(2)7-16(8-11(3)4)13-6-14-12(9-17)5-15-13/h5-6,10-11,17H,7-9H2,1-4H3. The van der Waals surface area contributed by atoms with Crippen molar-refractivity contribution in [2.45, 2.75) is 34.3 Å². The molecule has 1 aromatic rings. The van der Waals surface area contributed by atoms with Crippen LogP contribution in [0.5, 0.6) is 0 Å². The van der Waals surface area contributed by atoms with Crippen molar-refractivity contribution < 1.29 is 5.11 Å². The first kappa shape index (κ1) is 13.9. The molecule has 4 nitrogen and oxygen atoms in total. The van der Waals surface area contributed by atoms with Gasteiger partial charge in [-0.25, -0.2) is 4.98 Å². The number of aliphatic hydroxyl groups is 1. The third kappa shape index (κ3) is 4.69. The van der Waals surface area contributed by atoms with Crippen molar-refractivity contribution in [3.05, 3.63) is 18.1 Å². The third-order valence-corrected chi connectivity index (χ3v) is 2.35. The lowest BCUT2D eigenvalue weighted by molar-refractivity contribution is 0.276. The Labute approximate surface area is 104 Å². The van der Waals surface area contributed by atoms with Crippen molar-refractivity contribution in [3.63, 3.8) is 0 Å². The van der Waals surface area contributed by atoms with Crippen LogP contribution in [-0.2, 0) is 6.61 Å². The van der Waals surface area contributed by atoms with Gasteiger partial charge in [0.2, 0.25) is 0 Å². The topological polar surface area (TPSA) is 49.2 Å². The highest BCUT2D eigenvalue weighted by molar-refractivity contribution is 5.35. The summed E-state index contributed by atoms with van der Waals surface area (Å²) in [6.07, 6.45) is 3.39. The summed E-state index contributed by atoms with van der Waals surface area (Å²) in [5.74, 6) is 2.07. The van der Waals surface area contributed by atoms with E-state index in [4.69, 9.17) is 5.11 Å². The normalized spacial score (nSPS) is 11.2. The number of nitrogens with zero attached hydrogens (tertiary/aromatic N) is 3. The number of rotatable bonds is 6. The van der Waals surface area contributed by atoms with E-state index in [1.165, 1.54) is 0 Å². The summed E-state index contributed by atoms with van der Waals surface area (Å²) in [4.78, 5) is 10.8. The van der Waals surface area contributed by atoms with E-state index in [1.54, 1.807) is 12.4 Å². The van der Waals surface area contributed by atoms with Gasteiger partial charge in [0, 0.05) is 13.1 Å². The number of hydrogen-bond acceptors (Lipinski definition) is 4. The molecule has 0 bridgehead atoms. The van der Waals surface area contributed by atoms with E-state index < -0.39 is 0 Å². The molecule has 17 heavy (non-hydrogen) atoms. The van der Waals surface area contributed by atoms with Gasteiger partial charge in [-0.15, -0.1) is 0 Å². The third-order valence-electron chi connectivity index (χ3n) is 2.35. The van der Waals surface area contributed by atoms with E-state index in [2.05, 4.69) is 42.6 Å². The Morgan fingerprint density at radius 3 is 2.00 bits per heavy atom. The molecule has 0 saturated carbocycles. The molecule has 0 fully saturated rings. The van der Waals surface area contributed by atoms with Crippen LogP contribution in [0, 0.1) is 11.8 Å². The molecule has 0 unspecified atom stereocenters. The zero-order valence-electron chi connectivity index (χ0n) is 11.2. The molecule has 1 aromatic heterocycles. The van der Waals surface area contributed by atoms with Gasteiger partial charge in [0.05, 0.1) is 24.7 Å². The van der Waals surface area contributed by atoms with Crippen LogP contribution < -0.4 is 4.90 Å². The second kappa shape index (κ2) is 6.55. The molecule has 96 valence electrons. The molecule has 0 spiro atoms. The molecule has 0 atom stereocenters. The molecular formula is C13H23N3O. The van der Waals surface area contributed by atoms with Crippen LogP contribution in [0.4, 0.5) is 5.82 Å². The van der Waals surface area contributed by atoms with Gasteiger partial charge in [-0.2, -0.15) is 0 Å². The van der Waals surface area contributed by atoms with Crippen LogP contribution in [0.1, 0.15) is 33.4 Å². The molecule has 1 rings (SSSR count). The van der Waals surface area contributed by atoms with Crippen LogP contribution in [0.25, 0.3) is 0 Å². The van der Waals surface area contributed by atoms with Gasteiger partial charge in [0.25, 0.3) is 0 Å². The largest absolute Gasteiger partial charge is 0.390 e. The van der Waals surface area contributed by atoms with E-state index in [9.17, 15) is 0 Å². The minimum Gasteiger partial charge on any atom is -0.390 e. The lowest BCUT2D eigenvalue weighted by atomic mass is 10.1. The maximum atomic E-state index is 8.94. The Morgan fingerprint density at radius 2 is 1.65 bits per heavy atom. The summed E-state index contributed by atoms with van der Waals surface area (Å²) in [6.45, 7) is 10.7. The molecule has 4 heteroatoms. The van der Waals surface area contributed by atoms with E-state index in [0.717, 1.165) is 18.9 Å². The highest BCUT2D eigenvalue weighted by atomic mass is 16.3. The first-order chi connectivity index (χ1) is 8.02. The lowest BCUT2D eigenvalue weighted by Gasteiger charge is -2.27.